The van der Waals surface area contributed by atoms with Crippen LogP contribution in [0.4, 0.5) is 0 Å². The van der Waals surface area contributed by atoms with Crippen LogP contribution in [-0.2, 0) is 16.0 Å². The molecule has 0 aliphatic carbocycles. The van der Waals surface area contributed by atoms with E-state index in [1.165, 1.54) is 0 Å². The predicted molar refractivity (Wildman–Crippen MR) is 55.0 cm³/mol. The van der Waals surface area contributed by atoms with Crippen LogP contribution in [0.15, 0.2) is 60.7 Å². The van der Waals surface area contributed by atoms with Crippen LogP contribution in [0.3, 0.4) is 0 Å². The molecular weight excluding hydrogens is 188 g/mol. The average Bonchev–Trinajstić information content (AvgIpc) is 2.31. The van der Waals surface area contributed by atoms with Crippen molar-refractivity contribution in [2.24, 2.45) is 0 Å². The smallest absolute Gasteiger partial charge is 0.184 e. The Kier molecular flexibility index (Phi) is 2.54. The van der Waals surface area contributed by atoms with Gasteiger partial charge in [0, 0.05) is 11.1 Å². The van der Waals surface area contributed by atoms with Gasteiger partial charge in [-0.2, -0.15) is 10.2 Å². The lowest BCUT2D eigenvalue weighted by Crippen LogP contribution is -2.22. The Hall–Kier alpha value is -1.64. The molecule has 2 radical (unpaired) electrons. The van der Waals surface area contributed by atoms with Crippen molar-refractivity contribution in [2.75, 3.05) is 0 Å². The second kappa shape index (κ2) is 3.85. The summed E-state index contributed by atoms with van der Waals surface area (Å²) >= 11 is 0. The average molecular weight is 198 g/mol. The van der Waals surface area contributed by atoms with Crippen molar-refractivity contribution in [2.45, 2.75) is 5.79 Å². The molecule has 0 N–H and O–H groups in total. The van der Waals surface area contributed by atoms with Crippen LogP contribution < -0.4 is 0 Å². The van der Waals surface area contributed by atoms with E-state index in [-0.39, 0.29) is 11.1 Å². The predicted octanol–water partition coefficient (Wildman–Crippen LogP) is 2.75. The minimum Gasteiger partial charge on any atom is -0.184 e. The third-order valence-electron chi connectivity index (χ3n) is 2.31. The first-order valence-corrected chi connectivity index (χ1v) is 4.73. The maximum Gasteiger partial charge on any atom is 0.284 e. The molecule has 74 valence electrons. The van der Waals surface area contributed by atoms with Gasteiger partial charge in [0.1, 0.15) is 0 Å². The lowest BCUT2D eigenvalue weighted by Gasteiger charge is -2.17. The third-order valence-corrected chi connectivity index (χ3v) is 2.31. The molecule has 0 saturated heterocycles. The van der Waals surface area contributed by atoms with Gasteiger partial charge >= 0.3 is 0 Å². The van der Waals surface area contributed by atoms with E-state index in [4.69, 9.17) is 0 Å². The van der Waals surface area contributed by atoms with E-state index >= 15 is 0 Å². The van der Waals surface area contributed by atoms with Gasteiger partial charge in [-0.05, 0) is 0 Å². The summed E-state index contributed by atoms with van der Waals surface area (Å²) in [7, 11) is 0. The van der Waals surface area contributed by atoms with Crippen molar-refractivity contribution in [1.82, 2.24) is 0 Å². The summed E-state index contributed by atoms with van der Waals surface area (Å²) < 4.78 is 0. The van der Waals surface area contributed by atoms with Gasteiger partial charge in [0.15, 0.2) is 0 Å². The molecule has 2 aromatic carbocycles. The van der Waals surface area contributed by atoms with E-state index in [2.05, 4.69) is 0 Å². The molecular formula is C13H10O2. The fourth-order valence-electron chi connectivity index (χ4n) is 1.48. The third kappa shape index (κ3) is 1.91. The molecule has 0 atom stereocenters. The standard InChI is InChI=1S/C13H10O2/c14-13(15,11-7-3-1-4-8-11)12-9-5-2-6-10-12/h1-10H. The molecule has 2 rings (SSSR count). The Labute approximate surface area is 88.4 Å². The van der Waals surface area contributed by atoms with Gasteiger partial charge in [-0.25, -0.2) is 0 Å². The van der Waals surface area contributed by atoms with Crippen LogP contribution in [0.1, 0.15) is 11.1 Å². The summed E-state index contributed by atoms with van der Waals surface area (Å²) in [6.45, 7) is 0. The maximum absolute atomic E-state index is 12.0. The number of hydrogen-bond acceptors (Lipinski definition) is 0. The summed E-state index contributed by atoms with van der Waals surface area (Å²) in [6.07, 6.45) is 0. The van der Waals surface area contributed by atoms with Crippen molar-refractivity contribution in [1.29, 1.82) is 0 Å². The van der Waals surface area contributed by atoms with E-state index in [0.717, 1.165) is 0 Å². The summed E-state index contributed by atoms with van der Waals surface area (Å²) in [5.41, 5.74) is 0.493. The molecule has 0 heterocycles. The second-order valence-electron chi connectivity index (χ2n) is 3.35. The van der Waals surface area contributed by atoms with Crippen molar-refractivity contribution < 1.29 is 10.2 Å². The van der Waals surface area contributed by atoms with Crippen LogP contribution in [0, 0.1) is 0 Å². The molecule has 15 heavy (non-hydrogen) atoms. The first-order chi connectivity index (χ1) is 7.21. The molecule has 0 unspecified atom stereocenters. The van der Waals surface area contributed by atoms with Crippen LogP contribution in [0.25, 0.3) is 0 Å². The Morgan fingerprint density at radius 1 is 0.600 bits per heavy atom. The minimum atomic E-state index is -2.41. The molecule has 0 fully saturated rings. The quantitative estimate of drug-likeness (QED) is 0.666. The molecule has 2 aromatic rings. The second-order valence-corrected chi connectivity index (χ2v) is 3.35. The highest BCUT2D eigenvalue weighted by atomic mass is 16.5. The summed E-state index contributed by atoms with van der Waals surface area (Å²) in [5.74, 6) is -2.41. The number of hydrogen-bond donors (Lipinski definition) is 0. The van der Waals surface area contributed by atoms with E-state index < -0.39 is 5.79 Å². The zero-order chi connectivity index (χ0) is 10.7. The zero-order valence-corrected chi connectivity index (χ0v) is 8.09. The van der Waals surface area contributed by atoms with Gasteiger partial charge in [-0.1, -0.05) is 60.7 Å². The topological polar surface area (TPSA) is 39.8 Å². The highest BCUT2D eigenvalue weighted by molar-refractivity contribution is 5.32. The van der Waals surface area contributed by atoms with Crippen LogP contribution in [0.2, 0.25) is 0 Å². The van der Waals surface area contributed by atoms with E-state index in [9.17, 15) is 10.2 Å². The van der Waals surface area contributed by atoms with Gasteiger partial charge in [0.25, 0.3) is 5.79 Å². The SMILES string of the molecule is [O]C([O])(c1ccccc1)c1ccccc1. The minimum absolute atomic E-state index is 0.246. The highest BCUT2D eigenvalue weighted by Gasteiger charge is 2.32. The van der Waals surface area contributed by atoms with E-state index in [1.807, 2.05) is 0 Å². The van der Waals surface area contributed by atoms with Gasteiger partial charge in [-0.15, -0.1) is 0 Å². The van der Waals surface area contributed by atoms with Crippen molar-refractivity contribution in [3.8, 4) is 0 Å². The highest BCUT2D eigenvalue weighted by Crippen LogP contribution is 2.27. The maximum atomic E-state index is 12.0. The lowest BCUT2D eigenvalue weighted by molar-refractivity contribution is -0.222. The first-order valence-electron chi connectivity index (χ1n) is 4.73. The Bertz CT molecular complexity index is 379. The summed E-state index contributed by atoms with van der Waals surface area (Å²) in [4.78, 5) is 0. The summed E-state index contributed by atoms with van der Waals surface area (Å²) in [6, 6.07) is 16.6. The fourth-order valence-corrected chi connectivity index (χ4v) is 1.48. The molecule has 0 aliphatic rings. The summed E-state index contributed by atoms with van der Waals surface area (Å²) in [5, 5.41) is 23.9. The number of benzene rings is 2. The van der Waals surface area contributed by atoms with Crippen molar-refractivity contribution in [3.63, 3.8) is 0 Å². The molecule has 2 nitrogen and oxygen atoms in total. The molecule has 0 saturated carbocycles. The molecule has 0 aromatic heterocycles. The lowest BCUT2D eigenvalue weighted by atomic mass is 9.98. The van der Waals surface area contributed by atoms with Crippen LogP contribution in [-0.4, -0.2) is 0 Å². The van der Waals surface area contributed by atoms with Gasteiger partial charge < -0.3 is 0 Å². The molecule has 0 spiro atoms. The van der Waals surface area contributed by atoms with Gasteiger partial charge in [0.05, 0.1) is 0 Å². The van der Waals surface area contributed by atoms with Gasteiger partial charge in [-0.3, -0.25) is 0 Å². The van der Waals surface area contributed by atoms with Crippen LogP contribution >= 0.6 is 0 Å². The van der Waals surface area contributed by atoms with E-state index in [0.29, 0.717) is 0 Å². The van der Waals surface area contributed by atoms with Gasteiger partial charge in [0.2, 0.25) is 0 Å². The Morgan fingerprint density at radius 3 is 1.27 bits per heavy atom. The first kappa shape index (κ1) is 9.90. The molecule has 0 amide bonds. The molecule has 2 heteroatoms. The van der Waals surface area contributed by atoms with Crippen molar-refractivity contribution >= 4 is 0 Å². The van der Waals surface area contributed by atoms with E-state index in [1.54, 1.807) is 60.7 Å². The van der Waals surface area contributed by atoms with Crippen LogP contribution in [0.5, 0.6) is 0 Å². The normalized spacial score (nSPS) is 11.3. The van der Waals surface area contributed by atoms with Crippen molar-refractivity contribution in [3.05, 3.63) is 71.8 Å². The Morgan fingerprint density at radius 2 is 0.933 bits per heavy atom. The number of rotatable bonds is 2. The molecule has 0 aliphatic heterocycles. The molecule has 0 bridgehead atoms. The monoisotopic (exact) mass is 198 g/mol. The zero-order valence-electron chi connectivity index (χ0n) is 8.09. The largest absolute Gasteiger partial charge is 0.284 e. The Balaban J connectivity index is 2.44. The fraction of sp³-hybridized carbons (Fsp3) is 0.0769.